The molecule has 0 atom stereocenters. The lowest BCUT2D eigenvalue weighted by Gasteiger charge is -1.98. The van der Waals surface area contributed by atoms with Crippen LogP contribution in [-0.4, -0.2) is 11.7 Å². The van der Waals surface area contributed by atoms with Gasteiger partial charge in [0.1, 0.15) is 0 Å². The van der Waals surface area contributed by atoms with Crippen LogP contribution < -0.4 is 5.32 Å². The van der Waals surface area contributed by atoms with Crippen LogP contribution in [0, 0.1) is 0 Å². The third kappa shape index (κ3) is 3.28. The summed E-state index contributed by atoms with van der Waals surface area (Å²) in [6.45, 7) is 1.66. The van der Waals surface area contributed by atoms with Crippen LogP contribution in [0.3, 0.4) is 0 Å². The number of carbonyl (C=O) groups excluding carboxylic acids is 2. The van der Waals surface area contributed by atoms with E-state index in [1.165, 1.54) is 18.3 Å². The van der Waals surface area contributed by atoms with Crippen LogP contribution >= 0.6 is 27.3 Å². The fourth-order valence-electron chi connectivity index (χ4n) is 0.739. The fraction of sp³-hybridized carbons (Fsp3) is 0.250. The van der Waals surface area contributed by atoms with Crippen LogP contribution in [0.4, 0.5) is 0 Å². The Balaban J connectivity index is 2.44. The molecular formula is C8H8BrNO2S. The third-order valence-electron chi connectivity index (χ3n) is 1.37. The first kappa shape index (κ1) is 10.4. The lowest BCUT2D eigenvalue weighted by Crippen LogP contribution is -2.28. The van der Waals surface area contributed by atoms with Crippen molar-refractivity contribution < 1.29 is 9.59 Å². The van der Waals surface area contributed by atoms with E-state index in [2.05, 4.69) is 21.2 Å². The summed E-state index contributed by atoms with van der Waals surface area (Å²) in [6.07, 6.45) is 0. The molecule has 0 saturated carbocycles. The number of carbonyl (C=O) groups is 2. The molecule has 1 aromatic rings. The Morgan fingerprint density at radius 2 is 2.23 bits per heavy atom. The van der Waals surface area contributed by atoms with E-state index in [1.54, 1.807) is 0 Å². The second kappa shape index (κ2) is 4.53. The second-order valence-corrected chi connectivity index (χ2v) is 4.99. The van der Waals surface area contributed by atoms with Gasteiger partial charge in [0.05, 0.1) is 10.3 Å². The largest absolute Gasteiger partial charge is 0.345 e. The van der Waals surface area contributed by atoms with Crippen molar-refractivity contribution in [3.8, 4) is 0 Å². The van der Waals surface area contributed by atoms with Gasteiger partial charge in [-0.2, -0.15) is 0 Å². The molecule has 5 heteroatoms. The highest BCUT2D eigenvalue weighted by Gasteiger charge is 2.06. The molecule has 1 aromatic heterocycles. The Morgan fingerprint density at radius 3 is 2.69 bits per heavy atom. The van der Waals surface area contributed by atoms with Crippen molar-refractivity contribution in [2.45, 2.75) is 13.5 Å². The van der Waals surface area contributed by atoms with Crippen molar-refractivity contribution in [2.75, 3.05) is 0 Å². The highest BCUT2D eigenvalue weighted by atomic mass is 79.9. The molecule has 0 saturated heterocycles. The Hall–Kier alpha value is -0.680. The number of thiophene rings is 1. The van der Waals surface area contributed by atoms with Crippen molar-refractivity contribution in [3.63, 3.8) is 0 Å². The number of hydrogen-bond acceptors (Lipinski definition) is 3. The number of Topliss-reactive ketones (excluding diaryl/α,β-unsaturated/α-hetero) is 1. The van der Waals surface area contributed by atoms with Gasteiger partial charge in [0.2, 0.25) is 5.78 Å². The lowest BCUT2D eigenvalue weighted by atomic mass is 10.4. The van der Waals surface area contributed by atoms with E-state index in [0.717, 1.165) is 8.66 Å². The van der Waals surface area contributed by atoms with E-state index >= 15 is 0 Å². The Morgan fingerprint density at radius 1 is 1.54 bits per heavy atom. The quantitative estimate of drug-likeness (QED) is 0.843. The van der Waals surface area contributed by atoms with Crippen LogP contribution in [0.25, 0.3) is 0 Å². The summed E-state index contributed by atoms with van der Waals surface area (Å²) in [5.74, 6) is -1.000. The minimum Gasteiger partial charge on any atom is -0.345 e. The second-order valence-electron chi connectivity index (χ2n) is 2.44. The summed E-state index contributed by atoms with van der Waals surface area (Å²) in [5, 5.41) is 2.51. The van der Waals surface area contributed by atoms with E-state index in [-0.39, 0.29) is 0 Å². The molecule has 70 valence electrons. The van der Waals surface area contributed by atoms with E-state index in [0.29, 0.717) is 6.54 Å². The molecule has 0 spiro atoms. The summed E-state index contributed by atoms with van der Waals surface area (Å²) < 4.78 is 1.01. The molecule has 3 nitrogen and oxygen atoms in total. The van der Waals surface area contributed by atoms with Gasteiger partial charge in [-0.05, 0) is 28.1 Å². The highest BCUT2D eigenvalue weighted by Crippen LogP contribution is 2.21. The van der Waals surface area contributed by atoms with Gasteiger partial charge in [0, 0.05) is 11.8 Å². The molecule has 0 unspecified atom stereocenters. The van der Waals surface area contributed by atoms with Crippen LogP contribution in [0.15, 0.2) is 15.9 Å². The summed E-state index contributed by atoms with van der Waals surface area (Å²) in [7, 11) is 0. The molecule has 0 bridgehead atoms. The van der Waals surface area contributed by atoms with Gasteiger partial charge in [-0.1, -0.05) is 0 Å². The molecule has 1 rings (SSSR count). The van der Waals surface area contributed by atoms with Gasteiger partial charge in [-0.3, -0.25) is 9.59 Å². The van der Waals surface area contributed by atoms with Gasteiger partial charge >= 0.3 is 0 Å². The molecule has 1 amide bonds. The lowest BCUT2D eigenvalue weighted by molar-refractivity contribution is -0.136. The van der Waals surface area contributed by atoms with Gasteiger partial charge in [-0.15, -0.1) is 11.3 Å². The third-order valence-corrected chi connectivity index (χ3v) is 3.00. The normalized spacial score (nSPS) is 9.69. The van der Waals surface area contributed by atoms with Gasteiger partial charge in [0.25, 0.3) is 5.91 Å². The molecule has 0 aliphatic heterocycles. The first-order valence-electron chi connectivity index (χ1n) is 3.62. The van der Waals surface area contributed by atoms with Crippen LogP contribution in [0.5, 0.6) is 0 Å². The molecule has 0 aliphatic rings. The van der Waals surface area contributed by atoms with Crippen molar-refractivity contribution in [2.24, 2.45) is 0 Å². The van der Waals surface area contributed by atoms with Gasteiger partial charge < -0.3 is 5.32 Å². The van der Waals surface area contributed by atoms with E-state index in [1.807, 2.05) is 12.1 Å². The number of nitrogens with one attached hydrogen (secondary N) is 1. The van der Waals surface area contributed by atoms with Crippen LogP contribution in [0.2, 0.25) is 0 Å². The number of hydrogen-bond donors (Lipinski definition) is 1. The molecule has 1 N–H and O–H groups in total. The summed E-state index contributed by atoms with van der Waals surface area (Å²) in [6, 6.07) is 3.80. The van der Waals surface area contributed by atoms with Gasteiger partial charge in [0.15, 0.2) is 0 Å². The average molecular weight is 262 g/mol. The summed E-state index contributed by atoms with van der Waals surface area (Å²) in [4.78, 5) is 22.4. The first-order valence-corrected chi connectivity index (χ1v) is 5.23. The SMILES string of the molecule is CC(=O)C(=O)NCc1ccc(Br)s1. The fourth-order valence-corrected chi connectivity index (χ4v) is 2.16. The zero-order valence-electron chi connectivity index (χ0n) is 6.96. The monoisotopic (exact) mass is 261 g/mol. The predicted octanol–water partition coefficient (Wildman–Crippen LogP) is 1.72. The maximum absolute atomic E-state index is 10.9. The number of halogens is 1. The number of amides is 1. The zero-order valence-corrected chi connectivity index (χ0v) is 9.37. The molecule has 0 aliphatic carbocycles. The Kier molecular flexibility index (Phi) is 3.62. The van der Waals surface area contributed by atoms with E-state index in [9.17, 15) is 9.59 Å². The molecule has 0 fully saturated rings. The Bertz CT molecular complexity index is 335. The zero-order chi connectivity index (χ0) is 9.84. The van der Waals surface area contributed by atoms with Crippen molar-refractivity contribution >= 4 is 39.0 Å². The minimum atomic E-state index is -0.537. The average Bonchev–Trinajstić information content (AvgIpc) is 2.47. The standard InChI is InChI=1S/C8H8BrNO2S/c1-5(11)8(12)10-4-6-2-3-7(9)13-6/h2-3H,4H2,1H3,(H,10,12). The number of ketones is 1. The first-order chi connectivity index (χ1) is 6.09. The maximum atomic E-state index is 10.9. The van der Waals surface area contributed by atoms with Crippen LogP contribution in [0.1, 0.15) is 11.8 Å². The smallest absolute Gasteiger partial charge is 0.287 e. The Labute approximate surface area is 88.3 Å². The van der Waals surface area contributed by atoms with Gasteiger partial charge in [-0.25, -0.2) is 0 Å². The minimum absolute atomic E-state index is 0.411. The summed E-state index contributed by atoms with van der Waals surface area (Å²) in [5.41, 5.74) is 0. The topological polar surface area (TPSA) is 46.2 Å². The van der Waals surface area contributed by atoms with Crippen molar-refractivity contribution in [1.82, 2.24) is 5.32 Å². The molecule has 1 heterocycles. The molecule has 0 radical (unpaired) electrons. The van der Waals surface area contributed by atoms with Crippen LogP contribution in [-0.2, 0) is 16.1 Å². The summed E-state index contributed by atoms with van der Waals surface area (Å²) >= 11 is 4.84. The van der Waals surface area contributed by atoms with Crippen molar-refractivity contribution in [1.29, 1.82) is 0 Å². The van der Waals surface area contributed by atoms with E-state index in [4.69, 9.17) is 0 Å². The molecule has 13 heavy (non-hydrogen) atoms. The van der Waals surface area contributed by atoms with Crippen molar-refractivity contribution in [3.05, 3.63) is 20.8 Å². The molecule has 0 aromatic carbocycles. The maximum Gasteiger partial charge on any atom is 0.287 e. The van der Waals surface area contributed by atoms with E-state index < -0.39 is 11.7 Å². The molecular weight excluding hydrogens is 254 g/mol. The predicted molar refractivity (Wildman–Crippen MR) is 54.5 cm³/mol. The highest BCUT2D eigenvalue weighted by molar-refractivity contribution is 9.11. The number of rotatable bonds is 3.